The Morgan fingerprint density at radius 3 is 1.39 bits per heavy atom. The van der Waals surface area contributed by atoms with Crippen LogP contribution >= 0.6 is 45.9 Å². The maximum atomic E-state index is 14.6. The lowest BCUT2D eigenvalue weighted by Gasteiger charge is -2.42. The maximum absolute atomic E-state index is 14.6. The minimum absolute atomic E-state index is 0.0140. The zero-order valence-corrected chi connectivity index (χ0v) is 48.8. The minimum atomic E-state index is -1.06. The molecule has 0 unspecified atom stereocenters. The number of carboxylic acids is 2. The van der Waals surface area contributed by atoms with Gasteiger partial charge in [0.2, 0.25) is 0 Å². The monoisotopic (exact) mass is 1230 g/mol. The van der Waals surface area contributed by atoms with Gasteiger partial charge in [-0.25, -0.2) is 37.9 Å². The summed E-state index contributed by atoms with van der Waals surface area (Å²) >= 11 is 15.4. The smallest absolute Gasteiger partial charge is 0.338 e. The van der Waals surface area contributed by atoms with Crippen molar-refractivity contribution >= 4 is 93.5 Å². The Labute approximate surface area is 499 Å². The number of hydrogen-bond donors (Lipinski definition) is 4. The molecule has 8 aliphatic rings. The Balaban J connectivity index is 0.000000175. The molecule has 2 saturated carbocycles. The molecule has 4 N–H and O–H groups in total. The second kappa shape index (κ2) is 24.8. The first-order valence-corrected chi connectivity index (χ1v) is 30.3. The van der Waals surface area contributed by atoms with Gasteiger partial charge >= 0.3 is 35.9 Å². The first-order valence-electron chi connectivity index (χ1n) is 27.8. The normalized spacial score (nSPS) is 24.4. The van der Waals surface area contributed by atoms with Crippen molar-refractivity contribution in [2.75, 3.05) is 78.7 Å². The molecule has 6 fully saturated rings. The molecular weight excluding hydrogens is 1170 g/mol. The number of carbonyl (C=O) groups excluding carboxylic acids is 4. The van der Waals surface area contributed by atoms with Gasteiger partial charge in [-0.1, -0.05) is 47.5 Å². The molecule has 28 heteroatoms. The van der Waals surface area contributed by atoms with Gasteiger partial charge in [0.1, 0.15) is 35.8 Å². The molecule has 8 heterocycles. The van der Waals surface area contributed by atoms with E-state index in [1.165, 1.54) is 46.9 Å². The van der Waals surface area contributed by atoms with E-state index in [2.05, 4.69) is 20.6 Å². The van der Waals surface area contributed by atoms with Gasteiger partial charge in [0.25, 0.3) is 0 Å². The van der Waals surface area contributed by atoms with E-state index in [9.17, 15) is 47.8 Å². The number of nitrogens with zero attached hydrogens (tertiary/aromatic N) is 10. The average Bonchev–Trinajstić information content (AvgIpc) is 2.37. The molecular formula is C56H60Cl2F2N12O10S2. The Hall–Kier alpha value is -7.10. The van der Waals surface area contributed by atoms with Gasteiger partial charge in [-0.15, -0.1) is 22.7 Å². The van der Waals surface area contributed by atoms with E-state index in [-0.39, 0.29) is 83.8 Å². The van der Waals surface area contributed by atoms with Crippen molar-refractivity contribution in [1.29, 1.82) is 0 Å². The molecule has 0 radical (unpaired) electrons. The fourth-order valence-corrected chi connectivity index (χ4v) is 13.5. The number of rotatable bonds is 18. The van der Waals surface area contributed by atoms with Gasteiger partial charge in [-0.3, -0.25) is 29.4 Å². The van der Waals surface area contributed by atoms with Gasteiger partial charge in [-0.05, 0) is 63.5 Å². The number of halogens is 4. The number of piperazine rings is 2. The lowest BCUT2D eigenvalue weighted by Crippen LogP contribution is -2.62. The third-order valence-corrected chi connectivity index (χ3v) is 18.4. The van der Waals surface area contributed by atoms with Crippen LogP contribution in [-0.4, -0.2) is 200 Å². The number of hydrogen-bond acceptors (Lipinski definition) is 18. The summed E-state index contributed by atoms with van der Waals surface area (Å²) in [5.41, 5.74) is 1.47. The summed E-state index contributed by atoms with van der Waals surface area (Å²) in [5.74, 6) is -3.14. The molecule has 4 amide bonds. The number of aliphatic imine (C=N–C) groups is 2. The molecule has 4 saturated heterocycles. The molecule has 2 aromatic carbocycles. The number of aliphatic carboxylic acids is 2. The van der Waals surface area contributed by atoms with E-state index in [1.807, 2.05) is 0 Å². The highest BCUT2D eigenvalue weighted by molar-refractivity contribution is 7.12. The molecule has 84 heavy (non-hydrogen) atoms. The van der Waals surface area contributed by atoms with Crippen molar-refractivity contribution < 1.29 is 57.2 Å². The van der Waals surface area contributed by atoms with Crippen LogP contribution in [0.1, 0.15) is 72.8 Å². The zero-order chi connectivity index (χ0) is 59.1. The number of amidine groups is 2. The number of amides is 4. The van der Waals surface area contributed by atoms with E-state index in [1.54, 1.807) is 78.5 Å². The third kappa shape index (κ3) is 12.0. The summed E-state index contributed by atoms with van der Waals surface area (Å²) in [6, 6.07) is 3.19. The van der Waals surface area contributed by atoms with Crippen molar-refractivity contribution in [2.45, 2.75) is 75.8 Å². The van der Waals surface area contributed by atoms with Gasteiger partial charge < -0.3 is 49.9 Å². The minimum Gasteiger partial charge on any atom is -0.480 e. The predicted molar refractivity (Wildman–Crippen MR) is 306 cm³/mol. The highest BCUT2D eigenvalue weighted by atomic mass is 35.5. The molecule has 22 nitrogen and oxygen atoms in total. The summed E-state index contributed by atoms with van der Waals surface area (Å²) in [4.78, 5) is 107. The predicted octanol–water partition coefficient (Wildman–Crippen LogP) is 6.26. The van der Waals surface area contributed by atoms with Crippen LogP contribution < -0.4 is 10.6 Å². The number of aromatic nitrogens is 2. The number of fused-ring (bicyclic) bond motifs is 2. The van der Waals surface area contributed by atoms with E-state index in [4.69, 9.17) is 42.7 Å². The van der Waals surface area contributed by atoms with Crippen LogP contribution in [0.15, 0.2) is 92.1 Å². The second-order valence-corrected chi connectivity index (χ2v) is 24.0. The van der Waals surface area contributed by atoms with E-state index >= 15 is 0 Å². The molecule has 2 aliphatic carbocycles. The summed E-state index contributed by atoms with van der Waals surface area (Å²) < 4.78 is 40.1. The number of urea groups is 2. The van der Waals surface area contributed by atoms with Crippen molar-refractivity contribution in [3.8, 4) is 0 Å². The Morgan fingerprint density at radius 2 is 1.05 bits per heavy atom. The number of thiazole rings is 2. The molecule has 6 aliphatic heterocycles. The second-order valence-electron chi connectivity index (χ2n) is 21.5. The van der Waals surface area contributed by atoms with Crippen molar-refractivity contribution in [1.82, 2.24) is 50.0 Å². The molecule has 0 bridgehead atoms. The number of benzene rings is 2. The van der Waals surface area contributed by atoms with Crippen molar-refractivity contribution in [3.05, 3.63) is 125 Å². The Morgan fingerprint density at radius 1 is 0.643 bits per heavy atom. The topological polar surface area (TPSA) is 255 Å². The van der Waals surface area contributed by atoms with Crippen LogP contribution in [0.4, 0.5) is 18.4 Å². The number of carboxylic acid groups (broad SMARTS) is 2. The first kappa shape index (κ1) is 58.7. The number of carbonyl (C=O) groups is 6. The summed E-state index contributed by atoms with van der Waals surface area (Å²) in [6.45, 7) is 6.72. The van der Waals surface area contributed by atoms with Gasteiger partial charge in [-0.2, -0.15) is 0 Å². The highest BCUT2D eigenvalue weighted by Crippen LogP contribution is 2.41. The van der Waals surface area contributed by atoms with Crippen LogP contribution in [-0.2, 0) is 28.7 Å². The van der Waals surface area contributed by atoms with Crippen molar-refractivity contribution in [3.63, 3.8) is 0 Å². The average molecular weight is 1230 g/mol. The van der Waals surface area contributed by atoms with E-state index < -0.39 is 71.8 Å². The molecule has 12 rings (SSSR count). The van der Waals surface area contributed by atoms with Gasteiger partial charge in [0.05, 0.1) is 46.5 Å². The Kier molecular flexibility index (Phi) is 17.4. The first-order chi connectivity index (χ1) is 40.5. The van der Waals surface area contributed by atoms with E-state index in [0.29, 0.717) is 84.2 Å². The molecule has 444 valence electrons. The zero-order valence-electron chi connectivity index (χ0n) is 45.7. The standard InChI is InChI=1S/2C28H30ClFN6O5S/c2*1-2-41-27(39)20-18(32-24(25-31-8-11-42-25)33-22(20)16-4-3-5-17(30)21(16)29)13-34-9-10-36-19(23(34)26(37)38)14-35(28(36)40)12-15-6-7-15/h2*3-5,8,11,15,19,22-23H,2,6-7,9-10,12-14H2,1H3,(H,32,33)(H,37,38)/t19-,22+,23+;19-,22-,23+/m10/s1. The van der Waals surface area contributed by atoms with Crippen LogP contribution in [0.2, 0.25) is 10.0 Å². The SMILES string of the molecule is CCOC(=O)C1=C(CN2CCN3C(=O)N(CC4CC4)C[C@@H]3[C@H]2C(=O)O)NC(c2nccs2)=N[C@H]1c1cccc(F)c1Cl.CCOC(=O)C1=C(CN2CCN3C(=O)N(CC4CC4)C[C@H]3[C@@H]2C(=O)O)NC(c2nccs2)=N[C@H]1c1cccc(F)c1Cl. The van der Waals surface area contributed by atoms with Crippen LogP contribution in [0.3, 0.4) is 0 Å². The Bertz CT molecular complexity index is 3150. The maximum Gasteiger partial charge on any atom is 0.338 e. The van der Waals surface area contributed by atoms with Crippen LogP contribution in [0.5, 0.6) is 0 Å². The largest absolute Gasteiger partial charge is 0.480 e. The number of ether oxygens (including phenoxy) is 2. The van der Waals surface area contributed by atoms with Gasteiger partial charge in [0.15, 0.2) is 21.7 Å². The molecule has 6 atom stereocenters. The fourth-order valence-electron chi connectivity index (χ4n) is 11.8. The lowest BCUT2D eigenvalue weighted by atomic mass is 9.94. The fraction of sp³-hybridized carbons (Fsp3) is 0.464. The number of esters is 2. The highest BCUT2D eigenvalue weighted by Gasteiger charge is 2.53. The summed E-state index contributed by atoms with van der Waals surface area (Å²) in [6.07, 6.45) is 7.56. The van der Waals surface area contributed by atoms with Crippen molar-refractivity contribution in [2.24, 2.45) is 21.8 Å². The van der Waals surface area contributed by atoms with E-state index in [0.717, 1.165) is 25.7 Å². The molecule has 4 aromatic rings. The quantitative estimate of drug-likeness (QED) is 0.0802. The van der Waals surface area contributed by atoms with Crippen LogP contribution in [0, 0.1) is 23.5 Å². The summed E-state index contributed by atoms with van der Waals surface area (Å²) in [7, 11) is 0. The third-order valence-electron chi connectivity index (χ3n) is 16.1. The molecule has 2 aromatic heterocycles. The van der Waals surface area contributed by atoms with Gasteiger partial charge in [0, 0.05) is 111 Å². The molecule has 0 spiro atoms. The lowest BCUT2D eigenvalue weighted by molar-refractivity contribution is -0.148. The van der Waals surface area contributed by atoms with Crippen LogP contribution in [0.25, 0.3) is 0 Å². The number of nitrogens with one attached hydrogen (secondary N) is 2. The summed E-state index contributed by atoms with van der Waals surface area (Å²) in [5, 5.41) is 31.5.